The van der Waals surface area contributed by atoms with E-state index in [0.717, 1.165) is 5.75 Å². The number of para-hydroxylation sites is 1. The number of hydrogen-bond donors (Lipinski definition) is 0. The fraction of sp³-hybridized carbons (Fsp3) is 0.333. The van der Waals surface area contributed by atoms with Crippen LogP contribution in [0.25, 0.3) is 0 Å². The van der Waals surface area contributed by atoms with Crippen molar-refractivity contribution in [3.63, 3.8) is 0 Å². The van der Waals surface area contributed by atoms with Crippen LogP contribution in [0.4, 0.5) is 0 Å². The Kier molecular flexibility index (Phi) is 2.67. The highest BCUT2D eigenvalue weighted by molar-refractivity contribution is 5.55. The summed E-state index contributed by atoms with van der Waals surface area (Å²) in [7, 11) is 0. The highest BCUT2D eigenvalue weighted by Gasteiger charge is 2.48. The average Bonchev–Trinajstić information content (AvgIpc) is 3.10. The smallest absolute Gasteiger partial charge is 0.130 e. The first-order valence-electron chi connectivity index (χ1n) is 8.57. The molecule has 2 heteroatoms. The van der Waals surface area contributed by atoms with Gasteiger partial charge in [0, 0.05) is 23.2 Å². The molecule has 116 valence electrons. The Morgan fingerprint density at radius 1 is 1.04 bits per heavy atom. The Hall–Kier alpha value is -2.22. The second-order valence-electron chi connectivity index (χ2n) is 7.08. The van der Waals surface area contributed by atoms with Crippen molar-refractivity contribution < 1.29 is 4.74 Å². The molecule has 1 aromatic rings. The number of ether oxygens (including phenoxy) is 1. The summed E-state index contributed by atoms with van der Waals surface area (Å²) in [5, 5.41) is 0. The average molecular weight is 303 g/mol. The van der Waals surface area contributed by atoms with Crippen molar-refractivity contribution in [2.75, 3.05) is 0 Å². The molecule has 0 bridgehead atoms. The predicted molar refractivity (Wildman–Crippen MR) is 92.3 cm³/mol. The molecule has 0 spiro atoms. The van der Waals surface area contributed by atoms with E-state index in [-0.39, 0.29) is 6.10 Å². The highest BCUT2D eigenvalue weighted by atomic mass is 16.5. The molecule has 4 atom stereocenters. The predicted octanol–water partition coefficient (Wildman–Crippen LogP) is 4.19. The molecule has 2 nitrogen and oxygen atoms in total. The molecule has 0 radical (unpaired) electrons. The van der Waals surface area contributed by atoms with E-state index in [1.165, 1.54) is 16.8 Å². The topological polar surface area (TPSA) is 12.5 Å². The molecule has 23 heavy (non-hydrogen) atoms. The van der Waals surface area contributed by atoms with E-state index in [2.05, 4.69) is 79.5 Å². The van der Waals surface area contributed by atoms with Crippen molar-refractivity contribution in [2.24, 2.45) is 5.92 Å². The first kappa shape index (κ1) is 13.2. The summed E-state index contributed by atoms with van der Waals surface area (Å²) in [6, 6.07) is 9.45. The van der Waals surface area contributed by atoms with Crippen molar-refractivity contribution in [3.05, 3.63) is 77.6 Å². The van der Waals surface area contributed by atoms with Gasteiger partial charge >= 0.3 is 0 Å². The molecule has 0 amide bonds. The zero-order chi connectivity index (χ0) is 15.6. The normalized spacial score (nSPS) is 32.7. The van der Waals surface area contributed by atoms with Crippen LogP contribution in [0.3, 0.4) is 0 Å². The number of hydrogen-bond acceptors (Lipinski definition) is 2. The lowest BCUT2D eigenvalue weighted by Crippen LogP contribution is -2.40. The fourth-order valence-electron chi connectivity index (χ4n) is 4.68. The van der Waals surface area contributed by atoms with E-state index in [1.54, 1.807) is 0 Å². The van der Waals surface area contributed by atoms with Gasteiger partial charge in [-0.1, -0.05) is 48.6 Å². The van der Waals surface area contributed by atoms with Gasteiger partial charge in [0.1, 0.15) is 11.9 Å². The Labute approximate surface area is 137 Å². The van der Waals surface area contributed by atoms with Crippen LogP contribution in [-0.2, 0) is 0 Å². The van der Waals surface area contributed by atoms with Gasteiger partial charge in [0.15, 0.2) is 0 Å². The number of allylic oxidation sites excluding steroid dienone is 3. The summed E-state index contributed by atoms with van der Waals surface area (Å²) in [6.45, 7) is 4.60. The van der Waals surface area contributed by atoms with E-state index in [4.69, 9.17) is 4.74 Å². The first-order chi connectivity index (χ1) is 11.3. The largest absolute Gasteiger partial charge is 0.485 e. The summed E-state index contributed by atoms with van der Waals surface area (Å²) in [4.78, 5) is 2.62. The molecular weight excluding hydrogens is 282 g/mol. The van der Waals surface area contributed by atoms with Crippen molar-refractivity contribution in [1.82, 2.24) is 4.90 Å². The third kappa shape index (κ3) is 1.69. The van der Waals surface area contributed by atoms with Crippen LogP contribution in [0, 0.1) is 5.92 Å². The minimum Gasteiger partial charge on any atom is -0.485 e. The molecule has 4 aliphatic rings. The Bertz CT molecular complexity index is 783. The highest BCUT2D eigenvalue weighted by Crippen LogP contribution is 2.53. The third-order valence-electron chi connectivity index (χ3n) is 5.52. The van der Waals surface area contributed by atoms with Crippen LogP contribution < -0.4 is 4.74 Å². The maximum absolute atomic E-state index is 6.22. The number of fused-ring (bicyclic) bond motifs is 6. The van der Waals surface area contributed by atoms with Crippen molar-refractivity contribution in [1.29, 1.82) is 0 Å². The van der Waals surface area contributed by atoms with Gasteiger partial charge in [0.2, 0.25) is 0 Å². The third-order valence-corrected chi connectivity index (χ3v) is 5.52. The summed E-state index contributed by atoms with van der Waals surface area (Å²) < 4.78 is 6.22. The van der Waals surface area contributed by atoms with Gasteiger partial charge < -0.3 is 9.64 Å². The molecule has 1 aromatic carbocycles. The van der Waals surface area contributed by atoms with Gasteiger partial charge in [-0.2, -0.15) is 0 Å². The van der Waals surface area contributed by atoms with E-state index < -0.39 is 0 Å². The van der Waals surface area contributed by atoms with Gasteiger partial charge in [-0.05, 0) is 31.6 Å². The maximum Gasteiger partial charge on any atom is 0.130 e. The molecule has 0 fully saturated rings. The van der Waals surface area contributed by atoms with Gasteiger partial charge in [-0.15, -0.1) is 0 Å². The van der Waals surface area contributed by atoms with Crippen LogP contribution in [-0.4, -0.2) is 23.1 Å². The van der Waals surface area contributed by atoms with E-state index in [0.29, 0.717) is 23.9 Å². The molecular formula is C21H21NO. The molecule has 0 aromatic heterocycles. The van der Waals surface area contributed by atoms with E-state index in [9.17, 15) is 0 Å². The summed E-state index contributed by atoms with van der Waals surface area (Å²) in [6.07, 6.45) is 13.8. The Morgan fingerprint density at radius 3 is 2.74 bits per heavy atom. The minimum absolute atomic E-state index is 0.139. The zero-order valence-electron chi connectivity index (χ0n) is 13.5. The van der Waals surface area contributed by atoms with Gasteiger partial charge in [-0.25, -0.2) is 0 Å². The van der Waals surface area contributed by atoms with Crippen LogP contribution in [0.5, 0.6) is 5.75 Å². The van der Waals surface area contributed by atoms with Crippen molar-refractivity contribution >= 4 is 0 Å². The Balaban J connectivity index is 1.70. The summed E-state index contributed by atoms with van der Waals surface area (Å²) in [5.74, 6) is 1.86. The molecule has 2 aliphatic heterocycles. The quantitative estimate of drug-likeness (QED) is 0.771. The molecule has 3 unspecified atom stereocenters. The zero-order valence-corrected chi connectivity index (χ0v) is 13.5. The SMILES string of the molecule is CC(C)N1C2=C(C=CC3Oc4ccccc4C23)[C@@H]2C=CC=CC21. The minimum atomic E-state index is 0.139. The van der Waals surface area contributed by atoms with Crippen LogP contribution >= 0.6 is 0 Å². The monoisotopic (exact) mass is 303 g/mol. The van der Waals surface area contributed by atoms with Gasteiger partial charge in [-0.3, -0.25) is 0 Å². The lowest BCUT2D eigenvalue weighted by Gasteiger charge is -2.37. The van der Waals surface area contributed by atoms with Crippen molar-refractivity contribution in [3.8, 4) is 5.75 Å². The second-order valence-corrected chi connectivity index (χ2v) is 7.08. The van der Waals surface area contributed by atoms with E-state index in [1.807, 2.05) is 0 Å². The molecule has 0 saturated heterocycles. The number of rotatable bonds is 1. The van der Waals surface area contributed by atoms with Crippen LogP contribution in [0.1, 0.15) is 25.3 Å². The van der Waals surface area contributed by atoms with Crippen LogP contribution in [0.15, 0.2) is 72.0 Å². The van der Waals surface area contributed by atoms with E-state index >= 15 is 0 Å². The van der Waals surface area contributed by atoms with Gasteiger partial charge in [0.05, 0.1) is 12.0 Å². The molecule has 0 saturated carbocycles. The molecule has 0 N–H and O–H groups in total. The van der Waals surface area contributed by atoms with Gasteiger partial charge in [0.25, 0.3) is 0 Å². The number of nitrogens with zero attached hydrogens (tertiary/aromatic N) is 1. The van der Waals surface area contributed by atoms with Crippen molar-refractivity contribution in [2.45, 2.75) is 38.0 Å². The molecule has 2 aliphatic carbocycles. The lowest BCUT2D eigenvalue weighted by atomic mass is 9.82. The maximum atomic E-state index is 6.22. The standard InChI is InChI=1S/C21H21NO/c1-13(2)22-17-9-5-3-7-14(17)15-11-12-19-20(21(15)22)16-8-4-6-10-18(16)23-19/h3-14,17,19-20H,1-2H3/t14-,17?,19?,20?/m0/s1. The lowest BCUT2D eigenvalue weighted by molar-refractivity contribution is 0.202. The first-order valence-corrected chi connectivity index (χ1v) is 8.57. The number of benzene rings is 1. The fourth-order valence-corrected chi connectivity index (χ4v) is 4.68. The van der Waals surface area contributed by atoms with Crippen LogP contribution in [0.2, 0.25) is 0 Å². The Morgan fingerprint density at radius 2 is 1.87 bits per heavy atom. The second kappa shape index (κ2) is 4.64. The molecule has 2 heterocycles. The molecule has 5 rings (SSSR count). The summed E-state index contributed by atoms with van der Waals surface area (Å²) in [5.41, 5.74) is 4.29. The summed E-state index contributed by atoms with van der Waals surface area (Å²) >= 11 is 0.